The molecule has 4 heteroatoms. The molecule has 0 saturated carbocycles. The predicted molar refractivity (Wildman–Crippen MR) is 64.6 cm³/mol. The van der Waals surface area contributed by atoms with E-state index in [1.165, 1.54) is 0 Å². The van der Waals surface area contributed by atoms with E-state index in [0.29, 0.717) is 6.04 Å². The third-order valence-electron chi connectivity index (χ3n) is 3.01. The summed E-state index contributed by atoms with van der Waals surface area (Å²) in [7, 11) is 0. The maximum Gasteiger partial charge on any atom is 0.250 e. The van der Waals surface area contributed by atoms with Crippen molar-refractivity contribution in [1.29, 1.82) is 0 Å². The molecule has 0 unspecified atom stereocenters. The van der Waals surface area contributed by atoms with Gasteiger partial charge in [-0.1, -0.05) is 6.07 Å². The van der Waals surface area contributed by atoms with Crippen molar-refractivity contribution in [3.63, 3.8) is 0 Å². The van der Waals surface area contributed by atoms with Crippen LogP contribution in [0.15, 0.2) is 29.2 Å². The molecular weight excluding hydrogens is 202 g/mol. The Morgan fingerprint density at radius 2 is 2.31 bits per heavy atom. The van der Waals surface area contributed by atoms with Crippen molar-refractivity contribution < 1.29 is 0 Å². The second-order valence-corrected chi connectivity index (χ2v) is 4.39. The van der Waals surface area contributed by atoms with Crippen LogP contribution in [0.5, 0.6) is 0 Å². The van der Waals surface area contributed by atoms with E-state index in [4.69, 9.17) is 0 Å². The summed E-state index contributed by atoms with van der Waals surface area (Å²) in [6.07, 6.45) is 1.86. The second-order valence-electron chi connectivity index (χ2n) is 4.39. The third-order valence-corrected chi connectivity index (χ3v) is 3.01. The zero-order chi connectivity index (χ0) is 11.4. The summed E-state index contributed by atoms with van der Waals surface area (Å²) in [5.41, 5.74) is 0.0886. The zero-order valence-electron chi connectivity index (χ0n) is 9.72. The van der Waals surface area contributed by atoms with E-state index in [-0.39, 0.29) is 5.56 Å². The van der Waals surface area contributed by atoms with Crippen LogP contribution >= 0.6 is 0 Å². The highest BCUT2D eigenvalue weighted by molar-refractivity contribution is 4.93. The van der Waals surface area contributed by atoms with Crippen LogP contribution in [0.1, 0.15) is 6.92 Å². The molecule has 2 heterocycles. The van der Waals surface area contributed by atoms with Gasteiger partial charge in [-0.05, 0) is 13.0 Å². The first kappa shape index (κ1) is 11.4. The van der Waals surface area contributed by atoms with Gasteiger partial charge in [0.05, 0.1) is 0 Å². The fourth-order valence-electron chi connectivity index (χ4n) is 2.11. The number of hydrogen-bond donors (Lipinski definition) is 1. The molecule has 0 radical (unpaired) electrons. The molecular formula is C12H19N3O. The summed E-state index contributed by atoms with van der Waals surface area (Å²) in [5, 5.41) is 3.41. The van der Waals surface area contributed by atoms with E-state index in [9.17, 15) is 4.79 Å². The molecule has 16 heavy (non-hydrogen) atoms. The highest BCUT2D eigenvalue weighted by atomic mass is 16.1. The molecule has 1 aliphatic heterocycles. The van der Waals surface area contributed by atoms with Crippen molar-refractivity contribution in [3.8, 4) is 0 Å². The van der Waals surface area contributed by atoms with Gasteiger partial charge in [-0.2, -0.15) is 0 Å². The van der Waals surface area contributed by atoms with Crippen LogP contribution in [0.4, 0.5) is 0 Å². The average Bonchev–Trinajstić information content (AvgIpc) is 2.28. The molecule has 1 N–H and O–H groups in total. The number of aromatic nitrogens is 1. The smallest absolute Gasteiger partial charge is 0.250 e. The van der Waals surface area contributed by atoms with Crippen LogP contribution in [0.3, 0.4) is 0 Å². The number of nitrogens with zero attached hydrogens (tertiary/aromatic N) is 2. The predicted octanol–water partition coefficient (Wildman–Crippen LogP) is 0.142. The topological polar surface area (TPSA) is 37.3 Å². The standard InChI is InChI=1S/C12H19N3O/c1-11-10-14(7-5-13-11)8-9-15-6-3-2-4-12(15)16/h2-4,6,11,13H,5,7-10H2,1H3/t11-/m0/s1. The molecule has 1 fully saturated rings. The van der Waals surface area contributed by atoms with Crippen LogP contribution in [0, 0.1) is 0 Å². The van der Waals surface area contributed by atoms with Gasteiger partial charge in [0.1, 0.15) is 0 Å². The lowest BCUT2D eigenvalue weighted by atomic mass is 10.2. The molecule has 1 aromatic rings. The maximum atomic E-state index is 11.5. The molecule has 1 aromatic heterocycles. The van der Waals surface area contributed by atoms with Crippen molar-refractivity contribution in [3.05, 3.63) is 34.7 Å². The van der Waals surface area contributed by atoms with Gasteiger partial charge in [0, 0.05) is 51.0 Å². The summed E-state index contributed by atoms with van der Waals surface area (Å²) in [6, 6.07) is 5.86. The lowest BCUT2D eigenvalue weighted by Gasteiger charge is -2.31. The number of pyridine rings is 1. The SMILES string of the molecule is C[C@H]1CN(CCn2ccccc2=O)CCN1. The molecule has 88 valence electrons. The second kappa shape index (κ2) is 5.27. The first-order valence-corrected chi connectivity index (χ1v) is 5.87. The molecule has 0 aromatic carbocycles. The van der Waals surface area contributed by atoms with Crippen LogP contribution < -0.4 is 10.9 Å². The van der Waals surface area contributed by atoms with Crippen molar-refractivity contribution in [1.82, 2.24) is 14.8 Å². The molecule has 0 aliphatic carbocycles. The lowest BCUT2D eigenvalue weighted by molar-refractivity contribution is 0.200. The molecule has 0 spiro atoms. The quantitative estimate of drug-likeness (QED) is 0.789. The van der Waals surface area contributed by atoms with Gasteiger partial charge in [0.25, 0.3) is 5.56 Å². The van der Waals surface area contributed by atoms with E-state index in [1.54, 1.807) is 16.7 Å². The fourth-order valence-corrected chi connectivity index (χ4v) is 2.11. The number of nitrogens with one attached hydrogen (secondary N) is 1. The summed E-state index contributed by atoms with van der Waals surface area (Å²) in [5.74, 6) is 0. The summed E-state index contributed by atoms with van der Waals surface area (Å²) in [4.78, 5) is 13.9. The number of hydrogen-bond acceptors (Lipinski definition) is 3. The molecule has 4 nitrogen and oxygen atoms in total. The highest BCUT2D eigenvalue weighted by Gasteiger charge is 2.14. The van der Waals surface area contributed by atoms with Gasteiger partial charge in [-0.15, -0.1) is 0 Å². The summed E-state index contributed by atoms with van der Waals surface area (Å²) in [6.45, 7) is 7.13. The van der Waals surface area contributed by atoms with Crippen molar-refractivity contribution in [2.75, 3.05) is 26.2 Å². The Labute approximate surface area is 95.9 Å². The van der Waals surface area contributed by atoms with E-state index < -0.39 is 0 Å². The lowest BCUT2D eigenvalue weighted by Crippen LogP contribution is -2.50. The Morgan fingerprint density at radius 1 is 1.44 bits per heavy atom. The van der Waals surface area contributed by atoms with Crippen molar-refractivity contribution >= 4 is 0 Å². The van der Waals surface area contributed by atoms with Crippen molar-refractivity contribution in [2.45, 2.75) is 19.5 Å². The maximum absolute atomic E-state index is 11.5. The molecule has 2 rings (SSSR count). The van der Waals surface area contributed by atoms with Crippen LogP contribution in [-0.4, -0.2) is 41.7 Å². The van der Waals surface area contributed by atoms with E-state index in [1.807, 2.05) is 12.3 Å². The Kier molecular flexibility index (Phi) is 3.74. The fraction of sp³-hybridized carbons (Fsp3) is 0.583. The largest absolute Gasteiger partial charge is 0.314 e. The van der Waals surface area contributed by atoms with E-state index in [2.05, 4.69) is 17.1 Å². The first-order chi connectivity index (χ1) is 7.75. The van der Waals surface area contributed by atoms with Gasteiger partial charge in [-0.3, -0.25) is 9.69 Å². The Morgan fingerprint density at radius 3 is 3.06 bits per heavy atom. The average molecular weight is 221 g/mol. The first-order valence-electron chi connectivity index (χ1n) is 5.87. The Balaban J connectivity index is 1.87. The Hall–Kier alpha value is -1.13. The minimum atomic E-state index is 0.0886. The number of piperazine rings is 1. The van der Waals surface area contributed by atoms with Crippen LogP contribution in [0.25, 0.3) is 0 Å². The van der Waals surface area contributed by atoms with Crippen LogP contribution in [0.2, 0.25) is 0 Å². The zero-order valence-corrected chi connectivity index (χ0v) is 9.72. The summed E-state index contributed by atoms with van der Waals surface area (Å²) >= 11 is 0. The third kappa shape index (κ3) is 2.93. The summed E-state index contributed by atoms with van der Waals surface area (Å²) < 4.78 is 1.77. The molecule has 1 atom stereocenters. The minimum absolute atomic E-state index is 0.0886. The minimum Gasteiger partial charge on any atom is -0.314 e. The Bertz CT molecular complexity index is 388. The van der Waals surface area contributed by atoms with Crippen molar-refractivity contribution in [2.24, 2.45) is 0 Å². The van der Waals surface area contributed by atoms with Gasteiger partial charge in [0.15, 0.2) is 0 Å². The molecule has 1 aliphatic rings. The van der Waals surface area contributed by atoms with Crippen LogP contribution in [-0.2, 0) is 6.54 Å². The normalized spacial score (nSPS) is 22.2. The van der Waals surface area contributed by atoms with Gasteiger partial charge < -0.3 is 9.88 Å². The van der Waals surface area contributed by atoms with Gasteiger partial charge >= 0.3 is 0 Å². The van der Waals surface area contributed by atoms with Gasteiger partial charge in [-0.25, -0.2) is 0 Å². The highest BCUT2D eigenvalue weighted by Crippen LogP contribution is 1.98. The van der Waals surface area contributed by atoms with E-state index >= 15 is 0 Å². The molecule has 0 bridgehead atoms. The van der Waals surface area contributed by atoms with E-state index in [0.717, 1.165) is 32.7 Å². The molecule has 0 amide bonds. The monoisotopic (exact) mass is 221 g/mol. The molecule has 1 saturated heterocycles. The number of rotatable bonds is 3. The van der Waals surface area contributed by atoms with Gasteiger partial charge in [0.2, 0.25) is 0 Å².